The highest BCUT2D eigenvalue weighted by Crippen LogP contribution is 2.18. The molecule has 1 aromatic carbocycles. The van der Waals surface area contributed by atoms with E-state index in [2.05, 4.69) is 0 Å². The molecule has 1 N–H and O–H groups in total. The molecule has 0 saturated carbocycles. The zero-order chi connectivity index (χ0) is 13.4. The lowest BCUT2D eigenvalue weighted by atomic mass is 10.3. The monoisotopic (exact) mass is 267 g/mol. The molecular formula is C14H21NO2S. The molecule has 0 atom stereocenters. The number of carbonyl (C=O) groups excluding carboxylic acids is 1. The molecule has 0 aromatic heterocycles. The maximum atomic E-state index is 12.1. The lowest BCUT2D eigenvalue weighted by molar-refractivity contribution is -0.130. The molecule has 0 aliphatic carbocycles. The maximum Gasteiger partial charge on any atom is 0.233 e. The summed E-state index contributed by atoms with van der Waals surface area (Å²) in [5.41, 5.74) is 0. The Kier molecular flexibility index (Phi) is 6.83. The summed E-state index contributed by atoms with van der Waals surface area (Å²) in [6.07, 6.45) is 0.639. The average Bonchev–Trinajstić information content (AvgIpc) is 2.37. The third-order valence-corrected chi connectivity index (χ3v) is 3.60. The third kappa shape index (κ3) is 5.10. The molecule has 0 bridgehead atoms. The summed E-state index contributed by atoms with van der Waals surface area (Å²) in [7, 11) is 0. The Morgan fingerprint density at radius 2 is 2.00 bits per heavy atom. The van der Waals surface area contributed by atoms with Crippen molar-refractivity contribution < 1.29 is 9.90 Å². The van der Waals surface area contributed by atoms with Crippen molar-refractivity contribution in [1.82, 2.24) is 4.90 Å². The van der Waals surface area contributed by atoms with Gasteiger partial charge >= 0.3 is 0 Å². The van der Waals surface area contributed by atoms with Crippen molar-refractivity contribution in [3.63, 3.8) is 0 Å². The summed E-state index contributed by atoms with van der Waals surface area (Å²) in [5, 5.41) is 8.84. The number of amides is 1. The summed E-state index contributed by atoms with van der Waals surface area (Å²) < 4.78 is 0. The van der Waals surface area contributed by atoms with Gasteiger partial charge in [0.2, 0.25) is 5.91 Å². The van der Waals surface area contributed by atoms with Gasteiger partial charge in [0.15, 0.2) is 0 Å². The second kappa shape index (κ2) is 8.16. The van der Waals surface area contributed by atoms with Gasteiger partial charge in [-0.2, -0.15) is 0 Å². The molecule has 0 spiro atoms. The number of rotatable bonds is 7. The largest absolute Gasteiger partial charge is 0.396 e. The van der Waals surface area contributed by atoms with Crippen molar-refractivity contribution >= 4 is 17.7 Å². The Bertz CT molecular complexity index is 354. The predicted octanol–water partition coefficient (Wildman–Crippen LogP) is 2.40. The van der Waals surface area contributed by atoms with Crippen LogP contribution in [-0.4, -0.2) is 40.9 Å². The van der Waals surface area contributed by atoms with Crippen LogP contribution in [0.25, 0.3) is 0 Å². The number of hydrogen-bond acceptors (Lipinski definition) is 3. The fourth-order valence-corrected chi connectivity index (χ4v) is 2.46. The van der Waals surface area contributed by atoms with Gasteiger partial charge in [0.25, 0.3) is 0 Å². The van der Waals surface area contributed by atoms with Crippen molar-refractivity contribution in [1.29, 1.82) is 0 Å². The Balaban J connectivity index is 2.46. The number of thioether (sulfide) groups is 1. The number of nitrogens with zero attached hydrogens (tertiary/aromatic N) is 1. The highest BCUT2D eigenvalue weighted by molar-refractivity contribution is 8.00. The molecule has 1 rings (SSSR count). The first-order valence-corrected chi connectivity index (χ1v) is 7.22. The normalized spacial score (nSPS) is 10.7. The van der Waals surface area contributed by atoms with Gasteiger partial charge in [0.05, 0.1) is 5.75 Å². The first-order valence-electron chi connectivity index (χ1n) is 6.23. The molecular weight excluding hydrogens is 246 g/mol. The van der Waals surface area contributed by atoms with Crippen LogP contribution in [0.2, 0.25) is 0 Å². The van der Waals surface area contributed by atoms with E-state index in [9.17, 15) is 4.79 Å². The molecule has 0 unspecified atom stereocenters. The van der Waals surface area contributed by atoms with Gasteiger partial charge < -0.3 is 10.0 Å². The van der Waals surface area contributed by atoms with Crippen molar-refractivity contribution in [2.24, 2.45) is 0 Å². The van der Waals surface area contributed by atoms with Crippen LogP contribution in [0.3, 0.4) is 0 Å². The van der Waals surface area contributed by atoms with E-state index in [4.69, 9.17) is 5.11 Å². The zero-order valence-corrected chi connectivity index (χ0v) is 11.8. The van der Waals surface area contributed by atoms with Crippen LogP contribution >= 0.6 is 11.8 Å². The maximum absolute atomic E-state index is 12.1. The summed E-state index contributed by atoms with van der Waals surface area (Å²) in [5.74, 6) is 0.584. The number of aliphatic hydroxyl groups is 1. The smallest absolute Gasteiger partial charge is 0.233 e. The van der Waals surface area contributed by atoms with Crippen LogP contribution in [0.4, 0.5) is 0 Å². The molecule has 0 radical (unpaired) electrons. The topological polar surface area (TPSA) is 40.5 Å². The number of hydrogen-bond donors (Lipinski definition) is 1. The SMILES string of the molecule is CC(C)N(CCCO)C(=O)CSc1ccccc1. The molecule has 0 saturated heterocycles. The molecule has 0 heterocycles. The summed E-state index contributed by atoms with van der Waals surface area (Å²) in [6.45, 7) is 4.76. The van der Waals surface area contributed by atoms with E-state index >= 15 is 0 Å². The van der Waals surface area contributed by atoms with Crippen LogP contribution in [-0.2, 0) is 4.79 Å². The lowest BCUT2D eigenvalue weighted by Gasteiger charge is -2.26. The van der Waals surface area contributed by atoms with Gasteiger partial charge in [-0.25, -0.2) is 0 Å². The van der Waals surface area contributed by atoms with Crippen LogP contribution in [0, 0.1) is 0 Å². The fourth-order valence-electron chi connectivity index (χ4n) is 1.66. The number of carbonyl (C=O) groups is 1. The van der Waals surface area contributed by atoms with Crippen LogP contribution in [0.15, 0.2) is 35.2 Å². The number of aliphatic hydroxyl groups excluding tert-OH is 1. The Labute approximate surface area is 113 Å². The molecule has 4 heteroatoms. The standard InChI is InChI=1S/C14H21NO2S/c1-12(2)15(9-6-10-16)14(17)11-18-13-7-4-3-5-8-13/h3-5,7-8,12,16H,6,9-11H2,1-2H3. The van der Waals surface area contributed by atoms with Gasteiger partial charge in [-0.15, -0.1) is 11.8 Å². The third-order valence-electron chi connectivity index (χ3n) is 2.61. The average molecular weight is 267 g/mol. The second-order valence-corrected chi connectivity index (χ2v) is 5.41. The van der Waals surface area contributed by atoms with E-state index in [1.807, 2.05) is 49.1 Å². The summed E-state index contributed by atoms with van der Waals surface area (Å²) in [6, 6.07) is 10.1. The van der Waals surface area contributed by atoms with Crippen molar-refractivity contribution in [2.45, 2.75) is 31.2 Å². The molecule has 18 heavy (non-hydrogen) atoms. The van der Waals surface area contributed by atoms with E-state index < -0.39 is 0 Å². The molecule has 3 nitrogen and oxygen atoms in total. The van der Waals surface area contributed by atoms with Gasteiger partial charge in [-0.3, -0.25) is 4.79 Å². The number of benzene rings is 1. The molecule has 100 valence electrons. The van der Waals surface area contributed by atoms with Crippen molar-refractivity contribution in [2.75, 3.05) is 18.9 Å². The molecule has 1 aromatic rings. The lowest BCUT2D eigenvalue weighted by Crippen LogP contribution is -2.39. The molecule has 1 amide bonds. The van der Waals surface area contributed by atoms with E-state index in [1.165, 1.54) is 0 Å². The van der Waals surface area contributed by atoms with Crippen LogP contribution < -0.4 is 0 Å². The Hall–Kier alpha value is -1.00. The summed E-state index contributed by atoms with van der Waals surface area (Å²) in [4.78, 5) is 15.0. The van der Waals surface area contributed by atoms with E-state index in [0.717, 1.165) is 4.90 Å². The van der Waals surface area contributed by atoms with E-state index in [0.29, 0.717) is 18.7 Å². The fraction of sp³-hybridized carbons (Fsp3) is 0.500. The van der Waals surface area contributed by atoms with Crippen molar-refractivity contribution in [3.8, 4) is 0 Å². The highest BCUT2D eigenvalue weighted by Gasteiger charge is 2.16. The van der Waals surface area contributed by atoms with E-state index in [1.54, 1.807) is 11.8 Å². The molecule has 0 fully saturated rings. The quantitative estimate of drug-likeness (QED) is 0.771. The Morgan fingerprint density at radius 1 is 1.33 bits per heavy atom. The van der Waals surface area contributed by atoms with Crippen LogP contribution in [0.1, 0.15) is 20.3 Å². The van der Waals surface area contributed by atoms with Crippen molar-refractivity contribution in [3.05, 3.63) is 30.3 Å². The zero-order valence-electron chi connectivity index (χ0n) is 11.0. The van der Waals surface area contributed by atoms with Gasteiger partial charge in [0, 0.05) is 24.1 Å². The van der Waals surface area contributed by atoms with Gasteiger partial charge in [0.1, 0.15) is 0 Å². The van der Waals surface area contributed by atoms with Gasteiger partial charge in [-0.05, 0) is 32.4 Å². The first-order chi connectivity index (χ1) is 8.65. The second-order valence-electron chi connectivity index (χ2n) is 4.36. The minimum atomic E-state index is 0.127. The summed E-state index contributed by atoms with van der Waals surface area (Å²) >= 11 is 1.55. The Morgan fingerprint density at radius 3 is 2.56 bits per heavy atom. The molecule has 0 aliphatic heterocycles. The van der Waals surface area contributed by atoms with Gasteiger partial charge in [-0.1, -0.05) is 18.2 Å². The van der Waals surface area contributed by atoms with Crippen LogP contribution in [0.5, 0.6) is 0 Å². The predicted molar refractivity (Wildman–Crippen MR) is 75.7 cm³/mol. The minimum Gasteiger partial charge on any atom is -0.396 e. The highest BCUT2D eigenvalue weighted by atomic mass is 32.2. The van der Waals surface area contributed by atoms with E-state index in [-0.39, 0.29) is 18.6 Å². The molecule has 0 aliphatic rings. The minimum absolute atomic E-state index is 0.127. The first kappa shape index (κ1) is 15.1.